The van der Waals surface area contributed by atoms with Gasteiger partial charge in [-0.1, -0.05) is 280 Å². The van der Waals surface area contributed by atoms with Gasteiger partial charge in [0.2, 0.25) is 0 Å². The molecule has 0 fully saturated rings. The highest BCUT2D eigenvalue weighted by Crippen LogP contribution is 2.45. The van der Waals surface area contributed by atoms with Crippen LogP contribution in [-0.4, -0.2) is 96.7 Å². The molecule has 0 heterocycles. The molecular formula is C67H130O17P2. The molecular weight excluding hydrogens is 1140 g/mol. The van der Waals surface area contributed by atoms with Gasteiger partial charge in [-0.15, -0.1) is 0 Å². The fourth-order valence-corrected chi connectivity index (χ4v) is 11.6. The maximum atomic E-state index is 13.0. The summed E-state index contributed by atoms with van der Waals surface area (Å²) in [5.41, 5.74) is 0. The monoisotopic (exact) mass is 1270 g/mol. The maximum Gasteiger partial charge on any atom is 0.472 e. The van der Waals surface area contributed by atoms with Crippen LogP contribution in [0.5, 0.6) is 0 Å². The summed E-state index contributed by atoms with van der Waals surface area (Å²) >= 11 is 0. The molecule has 0 aromatic heterocycles. The number of hydrogen-bond acceptors (Lipinski definition) is 15. The van der Waals surface area contributed by atoms with Crippen molar-refractivity contribution < 1.29 is 80.2 Å². The van der Waals surface area contributed by atoms with E-state index < -0.39 is 97.5 Å². The van der Waals surface area contributed by atoms with E-state index in [1.165, 1.54) is 141 Å². The lowest BCUT2D eigenvalue weighted by molar-refractivity contribution is -0.161. The average Bonchev–Trinajstić information content (AvgIpc) is 3.61. The molecule has 3 N–H and O–H groups in total. The van der Waals surface area contributed by atoms with Gasteiger partial charge in [0, 0.05) is 25.7 Å². The zero-order chi connectivity index (χ0) is 63.8. The minimum atomic E-state index is -4.95. The van der Waals surface area contributed by atoms with Crippen LogP contribution in [0.15, 0.2) is 0 Å². The van der Waals surface area contributed by atoms with Crippen molar-refractivity contribution in [3.05, 3.63) is 0 Å². The molecule has 0 aromatic carbocycles. The van der Waals surface area contributed by atoms with E-state index in [2.05, 4.69) is 48.5 Å². The molecule has 0 radical (unpaired) electrons. The van der Waals surface area contributed by atoms with Gasteiger partial charge in [-0.3, -0.25) is 37.3 Å². The summed E-state index contributed by atoms with van der Waals surface area (Å²) in [6.07, 6.45) is 40.3. The summed E-state index contributed by atoms with van der Waals surface area (Å²) in [5, 5.41) is 10.6. The third kappa shape index (κ3) is 60.9. The van der Waals surface area contributed by atoms with E-state index >= 15 is 0 Å². The van der Waals surface area contributed by atoms with Crippen LogP contribution >= 0.6 is 15.6 Å². The number of phosphoric acid groups is 2. The van der Waals surface area contributed by atoms with E-state index in [9.17, 15) is 43.2 Å². The van der Waals surface area contributed by atoms with E-state index in [-0.39, 0.29) is 25.7 Å². The van der Waals surface area contributed by atoms with Crippen LogP contribution in [0.3, 0.4) is 0 Å². The number of aliphatic hydroxyl groups is 1. The first-order chi connectivity index (χ1) is 41.2. The SMILES string of the molecule is CCCCCCCCCCCC(=O)OC[C@H](COP(=O)(O)OC[C@H](O)COP(=O)(O)OC[C@@H](COC(=O)CCCCCCCCCCCC(C)C)OC(=O)CCCCCCCCCCCCCC(C)C)OC(=O)CCCCCCCCCCC(C)C. The first kappa shape index (κ1) is 84.1. The van der Waals surface area contributed by atoms with Gasteiger partial charge in [0.25, 0.3) is 0 Å². The van der Waals surface area contributed by atoms with E-state index in [0.717, 1.165) is 108 Å². The Balaban J connectivity index is 5.25. The van der Waals surface area contributed by atoms with Gasteiger partial charge >= 0.3 is 39.5 Å². The number of phosphoric ester groups is 2. The number of hydrogen-bond donors (Lipinski definition) is 3. The van der Waals surface area contributed by atoms with Crippen molar-refractivity contribution in [2.24, 2.45) is 17.8 Å². The fourth-order valence-electron chi connectivity index (χ4n) is 10.0. The average molecular weight is 1270 g/mol. The number of unbranched alkanes of at least 4 members (excludes halogenated alkanes) is 33. The van der Waals surface area contributed by atoms with Crippen molar-refractivity contribution in [1.82, 2.24) is 0 Å². The highest BCUT2D eigenvalue weighted by molar-refractivity contribution is 7.47. The lowest BCUT2D eigenvalue weighted by atomic mass is 10.0. The summed E-state index contributed by atoms with van der Waals surface area (Å²) in [4.78, 5) is 72.3. The highest BCUT2D eigenvalue weighted by atomic mass is 31.2. The summed E-state index contributed by atoms with van der Waals surface area (Å²) in [6, 6.07) is 0. The molecule has 86 heavy (non-hydrogen) atoms. The number of rotatable bonds is 65. The van der Waals surface area contributed by atoms with Gasteiger partial charge in [-0.05, 0) is 43.4 Å². The summed E-state index contributed by atoms with van der Waals surface area (Å²) in [6.45, 7) is 11.7. The Hall–Kier alpha value is -1.94. The molecule has 0 saturated carbocycles. The summed E-state index contributed by atoms with van der Waals surface area (Å²) < 4.78 is 68.1. The minimum Gasteiger partial charge on any atom is -0.462 e. The Kier molecular flexibility index (Phi) is 56.9. The minimum absolute atomic E-state index is 0.104. The number of esters is 4. The predicted molar refractivity (Wildman–Crippen MR) is 344 cm³/mol. The fraction of sp³-hybridized carbons (Fsp3) is 0.940. The van der Waals surface area contributed by atoms with Gasteiger partial charge in [-0.25, -0.2) is 9.13 Å². The second-order valence-corrected chi connectivity index (χ2v) is 28.5. The Labute approximate surface area is 524 Å². The Bertz CT molecular complexity index is 1700. The lowest BCUT2D eigenvalue weighted by Gasteiger charge is -2.21. The number of carbonyl (C=O) groups is 4. The molecule has 17 nitrogen and oxygen atoms in total. The first-order valence-electron chi connectivity index (χ1n) is 34.8. The topological polar surface area (TPSA) is 237 Å². The number of ether oxygens (including phenoxy) is 4. The second-order valence-electron chi connectivity index (χ2n) is 25.6. The Morgan fingerprint density at radius 2 is 0.535 bits per heavy atom. The molecule has 0 aliphatic carbocycles. The van der Waals surface area contributed by atoms with Crippen LogP contribution in [0.25, 0.3) is 0 Å². The van der Waals surface area contributed by atoms with Crippen LogP contribution in [0.1, 0.15) is 331 Å². The lowest BCUT2D eigenvalue weighted by Crippen LogP contribution is -2.30. The van der Waals surface area contributed by atoms with E-state index in [0.29, 0.717) is 25.7 Å². The summed E-state index contributed by atoms with van der Waals surface area (Å²) in [5.74, 6) is 0.0946. The van der Waals surface area contributed by atoms with Crippen LogP contribution < -0.4 is 0 Å². The molecule has 510 valence electrons. The third-order valence-corrected chi connectivity index (χ3v) is 17.3. The molecule has 5 atom stereocenters. The van der Waals surface area contributed by atoms with Gasteiger partial charge < -0.3 is 33.8 Å². The Morgan fingerprint density at radius 3 is 0.791 bits per heavy atom. The van der Waals surface area contributed by atoms with Crippen LogP contribution in [0, 0.1) is 17.8 Å². The van der Waals surface area contributed by atoms with Crippen molar-refractivity contribution in [3.63, 3.8) is 0 Å². The molecule has 0 bridgehead atoms. The van der Waals surface area contributed by atoms with E-state index in [1.807, 2.05) is 0 Å². The predicted octanol–water partition coefficient (Wildman–Crippen LogP) is 18.7. The number of aliphatic hydroxyl groups excluding tert-OH is 1. The van der Waals surface area contributed by atoms with Crippen LogP contribution in [0.2, 0.25) is 0 Å². The molecule has 0 saturated heterocycles. The smallest absolute Gasteiger partial charge is 0.462 e. The van der Waals surface area contributed by atoms with Gasteiger partial charge in [0.1, 0.15) is 19.3 Å². The highest BCUT2D eigenvalue weighted by Gasteiger charge is 2.30. The van der Waals surface area contributed by atoms with Crippen LogP contribution in [0.4, 0.5) is 0 Å². The first-order valence-corrected chi connectivity index (χ1v) is 37.8. The van der Waals surface area contributed by atoms with Crippen molar-refractivity contribution in [2.75, 3.05) is 39.6 Å². The van der Waals surface area contributed by atoms with Gasteiger partial charge in [-0.2, -0.15) is 0 Å². The zero-order valence-corrected chi connectivity index (χ0v) is 57.6. The van der Waals surface area contributed by atoms with Crippen LogP contribution in [-0.2, 0) is 65.4 Å². The third-order valence-electron chi connectivity index (χ3n) is 15.4. The van der Waals surface area contributed by atoms with Crippen molar-refractivity contribution in [1.29, 1.82) is 0 Å². The maximum absolute atomic E-state index is 13.0. The van der Waals surface area contributed by atoms with Gasteiger partial charge in [0.05, 0.1) is 26.4 Å². The zero-order valence-electron chi connectivity index (χ0n) is 55.8. The second kappa shape index (κ2) is 58.2. The Morgan fingerprint density at radius 1 is 0.314 bits per heavy atom. The molecule has 0 aliphatic rings. The quantitative estimate of drug-likeness (QED) is 0.0222. The number of carbonyl (C=O) groups excluding carboxylic acids is 4. The van der Waals surface area contributed by atoms with Crippen molar-refractivity contribution in [3.8, 4) is 0 Å². The standard InChI is InChI=1S/C67H130O17P2/c1-8-9-10-11-12-17-27-34-41-48-64(69)77-54-63(84-67(72)51-44-37-30-23-22-26-33-40-47-60(6)7)57-82-86(75,76)80-53-61(68)52-79-85(73,74)81-56-62(55-78-65(70)49-42-35-28-21-16-19-25-32-39-46-59(4)5)83-66(71)50-43-36-29-20-15-13-14-18-24-31-38-45-58(2)3/h58-63,68H,8-57H2,1-7H3,(H,73,74)(H,75,76)/t61-,62-,63-/m1/s1. The molecule has 19 heteroatoms. The largest absolute Gasteiger partial charge is 0.472 e. The van der Waals surface area contributed by atoms with E-state index in [4.69, 9.17) is 37.0 Å². The molecule has 2 unspecified atom stereocenters. The normalized spacial score (nSPS) is 14.3. The molecule has 0 spiro atoms. The van der Waals surface area contributed by atoms with E-state index in [1.54, 1.807) is 0 Å². The van der Waals surface area contributed by atoms with Crippen molar-refractivity contribution in [2.45, 2.75) is 349 Å². The van der Waals surface area contributed by atoms with Crippen molar-refractivity contribution >= 4 is 39.5 Å². The van der Waals surface area contributed by atoms with Gasteiger partial charge in [0.15, 0.2) is 12.2 Å². The summed E-state index contributed by atoms with van der Waals surface area (Å²) in [7, 11) is -9.89. The molecule has 0 amide bonds. The molecule has 0 aromatic rings. The molecule has 0 aliphatic heterocycles. The molecule has 0 rings (SSSR count).